The first kappa shape index (κ1) is 13.6. The number of halogens is 1. The van der Waals surface area contributed by atoms with E-state index in [1.807, 2.05) is 43.1 Å². The Morgan fingerprint density at radius 3 is 2.53 bits per heavy atom. The van der Waals surface area contributed by atoms with Crippen LogP contribution in [0.25, 0.3) is 0 Å². The van der Waals surface area contributed by atoms with Crippen LogP contribution >= 0.6 is 0 Å². The summed E-state index contributed by atoms with van der Waals surface area (Å²) in [5.41, 5.74) is 9.69. The highest BCUT2D eigenvalue weighted by molar-refractivity contribution is 5.54. The molecule has 0 aromatic heterocycles. The molecular formula is C16H19FN2. The van der Waals surface area contributed by atoms with Crippen LogP contribution in [0.1, 0.15) is 16.7 Å². The molecule has 2 aromatic carbocycles. The first-order valence-electron chi connectivity index (χ1n) is 6.36. The summed E-state index contributed by atoms with van der Waals surface area (Å²) in [5, 5.41) is 0. The minimum atomic E-state index is -0.161. The van der Waals surface area contributed by atoms with Gasteiger partial charge in [0.1, 0.15) is 5.82 Å². The first-order valence-corrected chi connectivity index (χ1v) is 6.36. The van der Waals surface area contributed by atoms with Gasteiger partial charge in [0, 0.05) is 31.4 Å². The third kappa shape index (κ3) is 3.12. The number of hydrogen-bond donors (Lipinski definition) is 1. The fourth-order valence-electron chi connectivity index (χ4n) is 2.24. The van der Waals surface area contributed by atoms with Crippen LogP contribution in [-0.2, 0) is 13.1 Å². The van der Waals surface area contributed by atoms with Gasteiger partial charge in [-0.3, -0.25) is 0 Å². The van der Waals surface area contributed by atoms with Gasteiger partial charge in [-0.2, -0.15) is 0 Å². The molecular weight excluding hydrogens is 239 g/mol. The second-order valence-electron chi connectivity index (χ2n) is 4.77. The third-order valence-corrected chi connectivity index (χ3v) is 3.27. The van der Waals surface area contributed by atoms with E-state index >= 15 is 0 Å². The van der Waals surface area contributed by atoms with Crippen molar-refractivity contribution in [2.75, 3.05) is 11.9 Å². The number of anilines is 1. The van der Waals surface area contributed by atoms with E-state index in [0.29, 0.717) is 18.7 Å². The monoisotopic (exact) mass is 258 g/mol. The SMILES string of the molecule is Cc1cc(CN)ccc1N(C)Cc1ccccc1F. The predicted molar refractivity (Wildman–Crippen MR) is 77.6 cm³/mol. The van der Waals surface area contributed by atoms with E-state index in [-0.39, 0.29) is 5.82 Å². The summed E-state index contributed by atoms with van der Waals surface area (Å²) >= 11 is 0. The van der Waals surface area contributed by atoms with Gasteiger partial charge in [-0.1, -0.05) is 30.3 Å². The number of nitrogens with two attached hydrogens (primary N) is 1. The van der Waals surface area contributed by atoms with E-state index in [0.717, 1.165) is 16.8 Å². The average Bonchev–Trinajstić information content (AvgIpc) is 2.41. The molecule has 2 nitrogen and oxygen atoms in total. The molecule has 0 unspecified atom stereocenters. The average molecular weight is 258 g/mol. The van der Waals surface area contributed by atoms with Gasteiger partial charge >= 0.3 is 0 Å². The van der Waals surface area contributed by atoms with Crippen LogP contribution in [-0.4, -0.2) is 7.05 Å². The van der Waals surface area contributed by atoms with Crippen molar-refractivity contribution in [1.29, 1.82) is 0 Å². The Labute approximate surface area is 113 Å². The highest BCUT2D eigenvalue weighted by Crippen LogP contribution is 2.22. The minimum absolute atomic E-state index is 0.161. The molecule has 2 N–H and O–H groups in total. The maximum Gasteiger partial charge on any atom is 0.128 e. The quantitative estimate of drug-likeness (QED) is 0.912. The summed E-state index contributed by atoms with van der Waals surface area (Å²) in [6.07, 6.45) is 0. The van der Waals surface area contributed by atoms with Gasteiger partial charge in [-0.05, 0) is 30.2 Å². The lowest BCUT2D eigenvalue weighted by molar-refractivity contribution is 0.608. The molecule has 0 spiro atoms. The van der Waals surface area contributed by atoms with Crippen molar-refractivity contribution in [2.45, 2.75) is 20.0 Å². The molecule has 2 aromatic rings. The highest BCUT2D eigenvalue weighted by Gasteiger charge is 2.08. The van der Waals surface area contributed by atoms with Crippen LogP contribution in [0, 0.1) is 12.7 Å². The largest absolute Gasteiger partial charge is 0.370 e. The molecule has 0 heterocycles. The smallest absolute Gasteiger partial charge is 0.128 e. The van der Waals surface area contributed by atoms with Gasteiger partial charge in [0.2, 0.25) is 0 Å². The van der Waals surface area contributed by atoms with E-state index in [1.165, 1.54) is 6.07 Å². The van der Waals surface area contributed by atoms with E-state index < -0.39 is 0 Å². The van der Waals surface area contributed by atoms with Gasteiger partial charge in [0.15, 0.2) is 0 Å². The van der Waals surface area contributed by atoms with Gasteiger partial charge in [-0.25, -0.2) is 4.39 Å². The second kappa shape index (κ2) is 5.85. The summed E-state index contributed by atoms with van der Waals surface area (Å²) in [6, 6.07) is 13.0. The maximum atomic E-state index is 13.6. The summed E-state index contributed by atoms with van der Waals surface area (Å²) in [6.45, 7) is 3.14. The Kier molecular flexibility index (Phi) is 4.17. The Morgan fingerprint density at radius 2 is 1.89 bits per heavy atom. The zero-order valence-electron chi connectivity index (χ0n) is 11.4. The number of nitrogens with zero attached hydrogens (tertiary/aromatic N) is 1. The second-order valence-corrected chi connectivity index (χ2v) is 4.77. The third-order valence-electron chi connectivity index (χ3n) is 3.27. The molecule has 3 heteroatoms. The predicted octanol–water partition coefficient (Wildman–Crippen LogP) is 3.23. The zero-order chi connectivity index (χ0) is 13.8. The Hall–Kier alpha value is -1.87. The summed E-state index contributed by atoms with van der Waals surface area (Å²) in [4.78, 5) is 2.05. The van der Waals surface area contributed by atoms with Crippen molar-refractivity contribution in [3.63, 3.8) is 0 Å². The number of hydrogen-bond acceptors (Lipinski definition) is 2. The first-order chi connectivity index (χ1) is 9.11. The summed E-state index contributed by atoms with van der Waals surface area (Å²) in [7, 11) is 1.97. The van der Waals surface area contributed by atoms with E-state index in [4.69, 9.17) is 5.73 Å². The lowest BCUT2D eigenvalue weighted by Gasteiger charge is -2.22. The number of rotatable bonds is 4. The molecule has 0 fully saturated rings. The fraction of sp³-hybridized carbons (Fsp3) is 0.250. The summed E-state index contributed by atoms with van der Waals surface area (Å²) in [5.74, 6) is -0.161. The lowest BCUT2D eigenvalue weighted by atomic mass is 10.1. The number of aryl methyl sites for hydroxylation is 1. The number of benzene rings is 2. The van der Waals surface area contributed by atoms with Crippen molar-refractivity contribution in [3.05, 3.63) is 65.0 Å². The van der Waals surface area contributed by atoms with Crippen LogP contribution in [0.2, 0.25) is 0 Å². The zero-order valence-corrected chi connectivity index (χ0v) is 11.4. The molecule has 0 aliphatic heterocycles. The van der Waals surface area contributed by atoms with E-state index in [1.54, 1.807) is 6.07 Å². The Bertz CT molecular complexity index is 566. The molecule has 0 saturated heterocycles. The molecule has 0 saturated carbocycles. The van der Waals surface area contributed by atoms with Gasteiger partial charge < -0.3 is 10.6 Å². The van der Waals surface area contributed by atoms with Crippen molar-refractivity contribution in [1.82, 2.24) is 0 Å². The topological polar surface area (TPSA) is 29.3 Å². The van der Waals surface area contributed by atoms with Crippen LogP contribution in [0.4, 0.5) is 10.1 Å². The summed E-state index contributed by atoms with van der Waals surface area (Å²) < 4.78 is 13.6. The molecule has 0 radical (unpaired) electrons. The van der Waals surface area contributed by atoms with Crippen LogP contribution in [0.15, 0.2) is 42.5 Å². The van der Waals surface area contributed by atoms with Gasteiger partial charge in [-0.15, -0.1) is 0 Å². The van der Waals surface area contributed by atoms with Crippen LogP contribution in [0.5, 0.6) is 0 Å². The van der Waals surface area contributed by atoms with Crippen molar-refractivity contribution >= 4 is 5.69 Å². The minimum Gasteiger partial charge on any atom is -0.370 e. The maximum absolute atomic E-state index is 13.6. The molecule has 19 heavy (non-hydrogen) atoms. The molecule has 0 amide bonds. The fourth-order valence-corrected chi connectivity index (χ4v) is 2.24. The highest BCUT2D eigenvalue weighted by atomic mass is 19.1. The standard InChI is InChI=1S/C16H19FN2/c1-12-9-13(10-18)7-8-16(12)19(2)11-14-5-3-4-6-15(14)17/h3-9H,10-11,18H2,1-2H3. The van der Waals surface area contributed by atoms with Crippen LogP contribution in [0.3, 0.4) is 0 Å². The Balaban J connectivity index is 2.21. The Morgan fingerprint density at radius 1 is 1.16 bits per heavy atom. The molecule has 2 rings (SSSR count). The molecule has 0 bridgehead atoms. The van der Waals surface area contributed by atoms with E-state index in [9.17, 15) is 4.39 Å². The molecule has 0 atom stereocenters. The lowest BCUT2D eigenvalue weighted by Crippen LogP contribution is -2.18. The molecule has 0 aliphatic carbocycles. The van der Waals surface area contributed by atoms with Gasteiger partial charge in [0.25, 0.3) is 0 Å². The molecule has 0 aliphatic rings. The van der Waals surface area contributed by atoms with Crippen molar-refractivity contribution in [3.8, 4) is 0 Å². The van der Waals surface area contributed by atoms with Crippen LogP contribution < -0.4 is 10.6 Å². The normalized spacial score (nSPS) is 10.5. The van der Waals surface area contributed by atoms with Crippen molar-refractivity contribution < 1.29 is 4.39 Å². The van der Waals surface area contributed by atoms with Gasteiger partial charge in [0.05, 0.1) is 0 Å². The van der Waals surface area contributed by atoms with E-state index in [2.05, 4.69) is 6.07 Å². The van der Waals surface area contributed by atoms with Crippen molar-refractivity contribution in [2.24, 2.45) is 5.73 Å². The molecule has 100 valence electrons.